The van der Waals surface area contributed by atoms with Crippen LogP contribution in [0.15, 0.2) is 60.9 Å². The van der Waals surface area contributed by atoms with Crippen molar-refractivity contribution < 1.29 is 28.7 Å². The van der Waals surface area contributed by atoms with Crippen LogP contribution in [0.4, 0.5) is 9.59 Å². The van der Waals surface area contributed by atoms with Gasteiger partial charge in [-0.05, 0) is 62.0 Å². The minimum atomic E-state index is -0.734. The molecular formula is C43H56N8O6. The Bertz CT molecular complexity index is 2040. The molecule has 2 fully saturated rings. The van der Waals surface area contributed by atoms with Crippen LogP contribution >= 0.6 is 0 Å². The van der Waals surface area contributed by atoms with E-state index in [1.165, 1.54) is 14.2 Å². The van der Waals surface area contributed by atoms with Gasteiger partial charge < -0.3 is 39.9 Å². The van der Waals surface area contributed by atoms with Gasteiger partial charge in [0, 0.05) is 23.2 Å². The van der Waals surface area contributed by atoms with Crippen molar-refractivity contribution in [3.8, 4) is 33.9 Å². The number of H-pyrrole nitrogens is 2. The lowest BCUT2D eigenvalue weighted by molar-refractivity contribution is -0.139. The van der Waals surface area contributed by atoms with Gasteiger partial charge in [-0.3, -0.25) is 9.59 Å². The van der Waals surface area contributed by atoms with E-state index in [2.05, 4.69) is 44.9 Å². The van der Waals surface area contributed by atoms with E-state index in [0.29, 0.717) is 18.2 Å². The number of amides is 4. The summed E-state index contributed by atoms with van der Waals surface area (Å²) < 4.78 is 9.59. The van der Waals surface area contributed by atoms with E-state index in [9.17, 15) is 19.2 Å². The third kappa shape index (κ3) is 8.69. The first-order chi connectivity index (χ1) is 27.3. The molecule has 1 saturated carbocycles. The standard InChI is InChI=1S/C43H56N8O6/c1-10-33(50(25(6)7)40(52)36(23(2)3)48-42(54)56-8)31-21-44-38(46-31)28-15-11-26(12-16-28)27-13-17-29(18-14-27)39-45-22-32(47-39)35-20-30-19-34(30)51(35)41(53)37(24(4)5)49-43(55)57-9/h11-18,21-25,30,33-37H,10,19-20H2,1-9H3,(H,44,46)(H,45,47)(H,48,54)(H,49,55)/t30-,33+,34-,35+,36+,37+/m1/s1. The zero-order valence-corrected chi connectivity index (χ0v) is 34.3. The average Bonchev–Trinajstić information content (AvgIpc) is 3.55. The second kappa shape index (κ2) is 17.2. The molecule has 0 radical (unpaired) electrons. The van der Waals surface area contributed by atoms with Crippen molar-refractivity contribution in [1.82, 2.24) is 40.4 Å². The number of carbonyl (C=O) groups excluding carboxylic acids is 4. The maximum atomic E-state index is 13.9. The molecule has 2 aromatic heterocycles. The molecule has 0 unspecified atom stereocenters. The molecule has 0 spiro atoms. The highest BCUT2D eigenvalue weighted by Gasteiger charge is 2.56. The summed E-state index contributed by atoms with van der Waals surface area (Å²) >= 11 is 0. The summed E-state index contributed by atoms with van der Waals surface area (Å²) in [6.45, 7) is 13.6. The topological polar surface area (TPSA) is 175 Å². The van der Waals surface area contributed by atoms with Crippen LogP contribution in [0.5, 0.6) is 0 Å². The number of nitrogens with zero attached hydrogens (tertiary/aromatic N) is 4. The fourth-order valence-electron chi connectivity index (χ4n) is 8.05. The first-order valence-electron chi connectivity index (χ1n) is 19.9. The third-order valence-electron chi connectivity index (χ3n) is 11.2. The molecule has 0 bridgehead atoms. The largest absolute Gasteiger partial charge is 0.453 e. The van der Waals surface area contributed by atoms with Crippen LogP contribution in [0.2, 0.25) is 0 Å². The first kappa shape index (κ1) is 41.0. The molecule has 4 aromatic rings. The van der Waals surface area contributed by atoms with Gasteiger partial charge in [-0.15, -0.1) is 0 Å². The maximum Gasteiger partial charge on any atom is 0.407 e. The molecule has 14 heteroatoms. The SMILES string of the molecule is CC[C@@H](c1cnc(-c2ccc(-c3ccc(-c4ncc([C@@H]5C[C@H]6C[C@H]6N5C(=O)[C@@H](NC(=O)OC)C(C)C)[nH]4)cc3)cc2)[nH]1)N(C(=O)[C@@H](NC(=O)OC)C(C)C)C(C)C. The molecule has 3 heterocycles. The number of alkyl carbamates (subject to hydrolysis) is 2. The number of likely N-dealkylation sites (tertiary alicyclic amines) is 1. The number of rotatable bonds is 14. The summed E-state index contributed by atoms with van der Waals surface area (Å²) in [5.41, 5.74) is 5.62. The Hall–Kier alpha value is -5.66. The Kier molecular flexibility index (Phi) is 12.4. The normalized spacial score (nSPS) is 18.9. The highest BCUT2D eigenvalue weighted by molar-refractivity contribution is 5.87. The number of methoxy groups -OCH3 is 2. The number of imidazole rings is 2. The summed E-state index contributed by atoms with van der Waals surface area (Å²) in [6, 6.07) is 14.6. The summed E-state index contributed by atoms with van der Waals surface area (Å²) in [5, 5.41) is 5.45. The van der Waals surface area contributed by atoms with E-state index < -0.39 is 24.3 Å². The molecule has 14 nitrogen and oxygen atoms in total. The van der Waals surface area contributed by atoms with Gasteiger partial charge in [0.2, 0.25) is 11.8 Å². The Labute approximate surface area is 334 Å². The van der Waals surface area contributed by atoms with Gasteiger partial charge in [0.05, 0.1) is 50.1 Å². The Morgan fingerprint density at radius 2 is 1.26 bits per heavy atom. The highest BCUT2D eigenvalue weighted by atomic mass is 16.5. The quantitative estimate of drug-likeness (QED) is 0.104. The molecule has 57 heavy (non-hydrogen) atoms. The summed E-state index contributed by atoms with van der Waals surface area (Å²) in [5.74, 6) is 1.38. The van der Waals surface area contributed by atoms with Gasteiger partial charge in [0.1, 0.15) is 23.7 Å². The van der Waals surface area contributed by atoms with Crippen molar-refractivity contribution in [2.45, 2.75) is 104 Å². The van der Waals surface area contributed by atoms with Gasteiger partial charge >= 0.3 is 12.2 Å². The van der Waals surface area contributed by atoms with Crippen molar-refractivity contribution in [3.63, 3.8) is 0 Å². The monoisotopic (exact) mass is 780 g/mol. The van der Waals surface area contributed by atoms with E-state index in [1.807, 2.05) is 88.7 Å². The second-order valence-electron chi connectivity index (χ2n) is 16.1. The molecule has 1 saturated heterocycles. The van der Waals surface area contributed by atoms with Crippen LogP contribution in [-0.4, -0.2) is 92.1 Å². The van der Waals surface area contributed by atoms with Crippen molar-refractivity contribution in [2.24, 2.45) is 17.8 Å². The third-order valence-corrected chi connectivity index (χ3v) is 11.2. The molecule has 1 aliphatic heterocycles. The van der Waals surface area contributed by atoms with Crippen molar-refractivity contribution in [1.29, 1.82) is 0 Å². The molecule has 4 amide bonds. The predicted molar refractivity (Wildman–Crippen MR) is 216 cm³/mol. The van der Waals surface area contributed by atoms with Crippen LogP contribution in [0.3, 0.4) is 0 Å². The van der Waals surface area contributed by atoms with E-state index in [4.69, 9.17) is 19.4 Å². The van der Waals surface area contributed by atoms with Gasteiger partial charge in [-0.25, -0.2) is 19.6 Å². The van der Waals surface area contributed by atoms with Gasteiger partial charge in [0.25, 0.3) is 0 Å². The smallest absolute Gasteiger partial charge is 0.407 e. The lowest BCUT2D eigenvalue weighted by Gasteiger charge is -2.37. The fraction of sp³-hybridized carbons (Fsp3) is 0.488. The molecule has 304 valence electrons. The maximum absolute atomic E-state index is 13.9. The molecule has 6 rings (SSSR count). The van der Waals surface area contributed by atoms with E-state index in [1.54, 1.807) is 6.20 Å². The number of fused-ring (bicyclic) bond motifs is 1. The Morgan fingerprint density at radius 3 is 1.77 bits per heavy atom. The molecule has 2 aromatic carbocycles. The van der Waals surface area contributed by atoms with Crippen molar-refractivity contribution in [3.05, 3.63) is 72.3 Å². The van der Waals surface area contributed by atoms with Crippen LogP contribution in [0.25, 0.3) is 33.9 Å². The number of hydrogen-bond donors (Lipinski definition) is 4. The van der Waals surface area contributed by atoms with Crippen LogP contribution in [0, 0.1) is 17.8 Å². The average molecular weight is 781 g/mol. The second-order valence-corrected chi connectivity index (χ2v) is 16.1. The van der Waals surface area contributed by atoms with Crippen LogP contribution in [0.1, 0.15) is 91.2 Å². The minimum Gasteiger partial charge on any atom is -0.453 e. The minimum absolute atomic E-state index is 0.0922. The first-order valence-corrected chi connectivity index (χ1v) is 19.9. The number of hydrogen-bond acceptors (Lipinski definition) is 8. The molecule has 1 aliphatic carbocycles. The number of benzene rings is 2. The molecule has 4 N–H and O–H groups in total. The Morgan fingerprint density at radius 1 is 0.754 bits per heavy atom. The molecule has 6 atom stereocenters. The van der Waals surface area contributed by atoms with E-state index >= 15 is 0 Å². The van der Waals surface area contributed by atoms with E-state index in [-0.39, 0.29) is 47.8 Å². The van der Waals surface area contributed by atoms with E-state index in [0.717, 1.165) is 52.3 Å². The van der Waals surface area contributed by atoms with Gasteiger partial charge in [0.15, 0.2) is 0 Å². The van der Waals surface area contributed by atoms with Gasteiger partial charge in [-0.2, -0.15) is 0 Å². The summed E-state index contributed by atoms with van der Waals surface area (Å²) in [6.07, 6.45) is 4.84. The number of aromatic amines is 2. The lowest BCUT2D eigenvalue weighted by Crippen LogP contribution is -2.54. The molecular weight excluding hydrogens is 725 g/mol. The lowest BCUT2D eigenvalue weighted by atomic mass is 9.99. The number of carbonyl (C=O) groups is 4. The number of aromatic nitrogens is 4. The zero-order valence-electron chi connectivity index (χ0n) is 34.3. The van der Waals surface area contributed by atoms with Crippen LogP contribution < -0.4 is 10.6 Å². The molecule has 2 aliphatic rings. The zero-order chi connectivity index (χ0) is 41.1. The van der Waals surface area contributed by atoms with Crippen molar-refractivity contribution >= 4 is 24.0 Å². The van der Waals surface area contributed by atoms with Crippen molar-refractivity contribution in [2.75, 3.05) is 14.2 Å². The highest BCUT2D eigenvalue weighted by Crippen LogP contribution is 2.53. The number of piperidine rings is 1. The Balaban J connectivity index is 1.14. The summed E-state index contributed by atoms with van der Waals surface area (Å²) in [7, 11) is 2.59. The van der Waals surface area contributed by atoms with Gasteiger partial charge in [-0.1, -0.05) is 83.1 Å². The number of ether oxygens (including phenoxy) is 2. The van der Waals surface area contributed by atoms with Crippen LogP contribution in [-0.2, 0) is 19.1 Å². The summed E-state index contributed by atoms with van der Waals surface area (Å²) in [4.78, 5) is 71.8. The number of nitrogens with one attached hydrogen (secondary N) is 4. The fourth-order valence-corrected chi connectivity index (χ4v) is 8.05. The predicted octanol–water partition coefficient (Wildman–Crippen LogP) is 7.25.